The summed E-state index contributed by atoms with van der Waals surface area (Å²) in [4.78, 5) is 28.4. The Kier molecular flexibility index (Phi) is 7.78. The third-order valence-electron chi connectivity index (χ3n) is 6.42. The maximum absolute atomic E-state index is 13.5. The van der Waals surface area contributed by atoms with Crippen LogP contribution in [0.5, 0.6) is 17.2 Å². The molecule has 2 unspecified atom stereocenters. The molecule has 7 nitrogen and oxygen atoms in total. The highest BCUT2D eigenvalue weighted by molar-refractivity contribution is 6.05. The van der Waals surface area contributed by atoms with Crippen molar-refractivity contribution in [3.05, 3.63) is 83.4 Å². The van der Waals surface area contributed by atoms with E-state index in [2.05, 4.69) is 12.2 Å². The van der Waals surface area contributed by atoms with Crippen LogP contribution in [-0.4, -0.2) is 37.0 Å². The molecule has 0 saturated carbocycles. The summed E-state index contributed by atoms with van der Waals surface area (Å²) in [6, 6.07) is 20.5. The molecule has 0 fully saturated rings. The van der Waals surface area contributed by atoms with Gasteiger partial charge in [-0.25, -0.2) is 0 Å². The lowest BCUT2D eigenvalue weighted by Crippen LogP contribution is -2.41. The zero-order chi connectivity index (χ0) is 25.7. The Morgan fingerprint density at radius 1 is 1.03 bits per heavy atom. The summed E-state index contributed by atoms with van der Waals surface area (Å²) in [7, 11) is 3.08. The van der Waals surface area contributed by atoms with Gasteiger partial charge in [0.1, 0.15) is 17.2 Å². The standard InChI is InChI=1S/C29H32N2O5/c1-5-25(19-10-8-7-9-11-19)31-18-21-14-22(12-13-27(21)36-26(6-2)29(31)33)30-28(32)20-15-23(34-3)17-24(16-20)35-4/h7-17,25-26H,5-6,18H2,1-4H3,(H,30,32). The Hall–Kier alpha value is -4.00. The van der Waals surface area contributed by atoms with E-state index in [0.717, 1.165) is 17.5 Å². The van der Waals surface area contributed by atoms with Crippen LogP contribution in [0.4, 0.5) is 5.69 Å². The van der Waals surface area contributed by atoms with E-state index in [1.807, 2.05) is 54.3 Å². The molecule has 0 aliphatic carbocycles. The summed E-state index contributed by atoms with van der Waals surface area (Å²) in [6.07, 6.45) is 0.778. The second-order valence-electron chi connectivity index (χ2n) is 8.69. The quantitative estimate of drug-likeness (QED) is 0.446. The molecule has 0 radical (unpaired) electrons. The zero-order valence-corrected chi connectivity index (χ0v) is 21.1. The second-order valence-corrected chi connectivity index (χ2v) is 8.69. The van der Waals surface area contributed by atoms with E-state index < -0.39 is 6.10 Å². The fourth-order valence-electron chi connectivity index (χ4n) is 4.52. The van der Waals surface area contributed by atoms with Gasteiger partial charge in [0, 0.05) is 22.9 Å². The first-order chi connectivity index (χ1) is 17.5. The van der Waals surface area contributed by atoms with Crippen LogP contribution in [0.3, 0.4) is 0 Å². The zero-order valence-electron chi connectivity index (χ0n) is 21.1. The predicted molar refractivity (Wildman–Crippen MR) is 139 cm³/mol. The number of fused-ring (bicyclic) bond motifs is 1. The number of carbonyl (C=O) groups excluding carboxylic acids is 2. The first kappa shape index (κ1) is 25.1. The number of hydrogen-bond acceptors (Lipinski definition) is 5. The number of nitrogens with zero attached hydrogens (tertiary/aromatic N) is 1. The van der Waals surface area contributed by atoms with Crippen molar-refractivity contribution in [1.82, 2.24) is 4.90 Å². The van der Waals surface area contributed by atoms with Crippen LogP contribution >= 0.6 is 0 Å². The Morgan fingerprint density at radius 2 is 1.72 bits per heavy atom. The fraction of sp³-hybridized carbons (Fsp3) is 0.310. The molecule has 7 heteroatoms. The lowest BCUT2D eigenvalue weighted by atomic mass is 10.0. The van der Waals surface area contributed by atoms with E-state index in [1.165, 1.54) is 0 Å². The summed E-state index contributed by atoms with van der Waals surface area (Å²) in [5, 5.41) is 2.95. The molecule has 36 heavy (non-hydrogen) atoms. The minimum Gasteiger partial charge on any atom is -0.497 e. The second kappa shape index (κ2) is 11.2. The molecule has 0 aromatic heterocycles. The van der Waals surface area contributed by atoms with E-state index in [0.29, 0.717) is 41.5 Å². The molecule has 3 aromatic carbocycles. The van der Waals surface area contributed by atoms with E-state index in [9.17, 15) is 9.59 Å². The van der Waals surface area contributed by atoms with Crippen molar-refractivity contribution in [3.63, 3.8) is 0 Å². The molecule has 0 spiro atoms. The summed E-state index contributed by atoms with van der Waals surface area (Å²) >= 11 is 0. The third-order valence-corrected chi connectivity index (χ3v) is 6.42. The number of nitrogens with one attached hydrogen (secondary N) is 1. The van der Waals surface area contributed by atoms with Crippen molar-refractivity contribution in [2.24, 2.45) is 0 Å². The minimum absolute atomic E-state index is 0.0292. The molecule has 1 aliphatic heterocycles. The summed E-state index contributed by atoms with van der Waals surface area (Å²) in [6.45, 7) is 4.42. The average Bonchev–Trinajstić information content (AvgIpc) is 3.05. The Balaban J connectivity index is 1.64. The van der Waals surface area contributed by atoms with Gasteiger partial charge in [-0.05, 0) is 48.7 Å². The number of benzene rings is 3. The van der Waals surface area contributed by atoms with Gasteiger partial charge < -0.3 is 24.4 Å². The van der Waals surface area contributed by atoms with Crippen LogP contribution in [0, 0.1) is 0 Å². The van der Waals surface area contributed by atoms with Gasteiger partial charge in [-0.1, -0.05) is 44.2 Å². The number of hydrogen-bond donors (Lipinski definition) is 1. The van der Waals surface area contributed by atoms with Crippen LogP contribution < -0.4 is 19.5 Å². The highest BCUT2D eigenvalue weighted by Crippen LogP contribution is 2.35. The average molecular weight is 489 g/mol. The lowest BCUT2D eigenvalue weighted by Gasteiger charge is -2.32. The highest BCUT2D eigenvalue weighted by Gasteiger charge is 2.34. The SMILES string of the molecule is CCC1Oc2ccc(NC(=O)c3cc(OC)cc(OC)c3)cc2CN(C(CC)c2ccccc2)C1=O. The van der Waals surface area contributed by atoms with Crippen molar-refractivity contribution in [3.8, 4) is 17.2 Å². The van der Waals surface area contributed by atoms with E-state index in [-0.39, 0.29) is 17.9 Å². The van der Waals surface area contributed by atoms with Gasteiger partial charge in [0.2, 0.25) is 0 Å². The number of amides is 2. The van der Waals surface area contributed by atoms with Gasteiger partial charge in [-0.3, -0.25) is 9.59 Å². The molecule has 2 amide bonds. The molecule has 0 bridgehead atoms. The van der Waals surface area contributed by atoms with Gasteiger partial charge in [-0.2, -0.15) is 0 Å². The van der Waals surface area contributed by atoms with Gasteiger partial charge >= 0.3 is 0 Å². The maximum Gasteiger partial charge on any atom is 0.264 e. The molecular weight excluding hydrogens is 456 g/mol. The first-order valence-electron chi connectivity index (χ1n) is 12.2. The number of carbonyl (C=O) groups is 2. The molecular formula is C29H32N2O5. The molecule has 188 valence electrons. The number of rotatable bonds is 8. The van der Waals surface area contributed by atoms with Crippen molar-refractivity contribution in [2.45, 2.75) is 45.4 Å². The summed E-state index contributed by atoms with van der Waals surface area (Å²) in [5.74, 6) is 1.39. The monoisotopic (exact) mass is 488 g/mol. The van der Waals surface area contributed by atoms with Gasteiger partial charge in [0.05, 0.1) is 26.8 Å². The van der Waals surface area contributed by atoms with Crippen molar-refractivity contribution >= 4 is 17.5 Å². The van der Waals surface area contributed by atoms with Crippen LogP contribution in [0.15, 0.2) is 66.7 Å². The van der Waals surface area contributed by atoms with E-state index in [1.54, 1.807) is 38.5 Å². The smallest absolute Gasteiger partial charge is 0.264 e. The number of methoxy groups -OCH3 is 2. The Labute approximate surface area is 212 Å². The predicted octanol–water partition coefficient (Wildman–Crippen LogP) is 5.61. The summed E-state index contributed by atoms with van der Waals surface area (Å²) < 4.78 is 16.7. The van der Waals surface area contributed by atoms with Gasteiger partial charge in [0.15, 0.2) is 6.10 Å². The van der Waals surface area contributed by atoms with Gasteiger partial charge in [0.25, 0.3) is 11.8 Å². The van der Waals surface area contributed by atoms with Crippen molar-refractivity contribution in [2.75, 3.05) is 19.5 Å². The molecule has 0 saturated heterocycles. The lowest BCUT2D eigenvalue weighted by molar-refractivity contribution is -0.141. The number of anilines is 1. The molecule has 1 aliphatic rings. The largest absolute Gasteiger partial charge is 0.497 e. The number of ether oxygens (including phenoxy) is 3. The highest BCUT2D eigenvalue weighted by atomic mass is 16.5. The fourth-order valence-corrected chi connectivity index (χ4v) is 4.52. The van der Waals surface area contributed by atoms with Crippen LogP contribution in [0.1, 0.15) is 54.2 Å². The van der Waals surface area contributed by atoms with E-state index >= 15 is 0 Å². The normalized spacial score (nSPS) is 15.8. The maximum atomic E-state index is 13.5. The molecule has 2 atom stereocenters. The molecule has 1 N–H and O–H groups in total. The first-order valence-corrected chi connectivity index (χ1v) is 12.2. The molecule has 4 rings (SSSR count). The van der Waals surface area contributed by atoms with Crippen LogP contribution in [0.25, 0.3) is 0 Å². The Bertz CT molecular complexity index is 1210. The summed E-state index contributed by atoms with van der Waals surface area (Å²) in [5.41, 5.74) is 2.95. The molecule has 1 heterocycles. The van der Waals surface area contributed by atoms with Crippen molar-refractivity contribution in [1.29, 1.82) is 0 Å². The van der Waals surface area contributed by atoms with E-state index in [4.69, 9.17) is 14.2 Å². The molecule has 3 aromatic rings. The topological polar surface area (TPSA) is 77.1 Å². The minimum atomic E-state index is -0.561. The van der Waals surface area contributed by atoms with Crippen molar-refractivity contribution < 1.29 is 23.8 Å². The third kappa shape index (κ3) is 5.30. The Morgan fingerprint density at radius 3 is 2.33 bits per heavy atom. The van der Waals surface area contributed by atoms with Crippen LogP contribution in [-0.2, 0) is 11.3 Å². The van der Waals surface area contributed by atoms with Gasteiger partial charge in [-0.15, -0.1) is 0 Å². The van der Waals surface area contributed by atoms with Crippen LogP contribution in [0.2, 0.25) is 0 Å².